The zero-order valence-corrected chi connectivity index (χ0v) is 30.1. The first-order chi connectivity index (χ1) is 24.4. The standard InChI is InChI=1S/C30H34N10O10S2/c1-6-8-13-33-52(49,50)21-15-17(35-37-24-28(44)39(4)30(46)40(5)29(24)45)10-12-19(21)18-11-9-16(14-20(18)51(47,48)32-7-2)34-36-23-25(41)22(31)26(42)38(3)27(23)43/h7,9-12,14-15,22-24,33H,6,8,13,31H2,1-5H3. The fourth-order valence-corrected chi connectivity index (χ4v) is 7.37. The smallest absolute Gasteiger partial charge is 0.314 e. The summed E-state index contributed by atoms with van der Waals surface area (Å²) in [6.07, 6.45) is 2.10. The summed E-state index contributed by atoms with van der Waals surface area (Å²) in [6, 6.07) is 0.957. The SMILES string of the molecule is CC=NS(=O)(=O)c1cc(N=NC2C(=O)C(N)C(=O)N(C)C2=O)ccc1-c1ccc(N=NC2C(=O)N(C)C(=O)N(C)C2=O)cc1S(=O)(=O)NCCCC. The molecule has 6 amide bonds. The molecule has 0 bridgehead atoms. The molecule has 22 heteroatoms. The van der Waals surface area contributed by atoms with Crippen LogP contribution in [0.15, 0.2) is 71.0 Å². The highest BCUT2D eigenvalue weighted by molar-refractivity contribution is 7.90. The molecule has 0 saturated carbocycles. The molecule has 0 aliphatic carbocycles. The number of nitrogens with two attached hydrogens (primary N) is 1. The summed E-state index contributed by atoms with van der Waals surface area (Å²) in [6.45, 7) is 3.20. The van der Waals surface area contributed by atoms with Crippen molar-refractivity contribution in [1.29, 1.82) is 0 Å². The Bertz CT molecular complexity index is 2120. The van der Waals surface area contributed by atoms with Crippen molar-refractivity contribution in [3.63, 3.8) is 0 Å². The molecule has 2 aromatic carbocycles. The number of urea groups is 1. The minimum Gasteiger partial charge on any atom is -0.314 e. The van der Waals surface area contributed by atoms with E-state index in [9.17, 15) is 45.6 Å². The van der Waals surface area contributed by atoms with E-state index < -0.39 is 83.4 Å². The number of likely N-dealkylation sites (tertiary alicyclic amines) is 1. The molecule has 0 aromatic heterocycles. The first-order valence-electron chi connectivity index (χ1n) is 15.4. The number of nitrogens with zero attached hydrogens (tertiary/aromatic N) is 8. The van der Waals surface area contributed by atoms with Crippen molar-refractivity contribution in [2.75, 3.05) is 27.7 Å². The molecule has 3 N–H and O–H groups in total. The van der Waals surface area contributed by atoms with Crippen LogP contribution in [0.2, 0.25) is 0 Å². The number of ketones is 1. The Morgan fingerprint density at radius 2 is 1.25 bits per heavy atom. The number of azo groups is 2. The van der Waals surface area contributed by atoms with Crippen molar-refractivity contribution in [2.45, 2.75) is 54.6 Å². The third-order valence-corrected chi connectivity index (χ3v) is 10.8. The van der Waals surface area contributed by atoms with E-state index in [1.165, 1.54) is 31.2 Å². The molecule has 2 aliphatic heterocycles. The number of unbranched alkanes of at least 4 members (excludes halogenated alkanes) is 1. The van der Waals surface area contributed by atoms with Crippen molar-refractivity contribution < 1.29 is 45.6 Å². The van der Waals surface area contributed by atoms with Gasteiger partial charge in [0.15, 0.2) is 5.78 Å². The topological polar surface area (TPSA) is 280 Å². The van der Waals surface area contributed by atoms with Gasteiger partial charge in [-0.25, -0.2) is 17.9 Å². The maximum absolute atomic E-state index is 13.7. The van der Waals surface area contributed by atoms with E-state index in [0.717, 1.165) is 39.5 Å². The van der Waals surface area contributed by atoms with Crippen LogP contribution in [0.3, 0.4) is 0 Å². The first-order valence-corrected chi connectivity index (χ1v) is 18.3. The third kappa shape index (κ3) is 7.73. The number of sulfonamides is 2. The molecule has 2 atom stereocenters. The summed E-state index contributed by atoms with van der Waals surface area (Å²) in [7, 11) is -5.53. The normalized spacial score (nSPS) is 19.8. The highest BCUT2D eigenvalue weighted by Gasteiger charge is 2.45. The Balaban J connectivity index is 1.86. The van der Waals surface area contributed by atoms with Gasteiger partial charge in [-0.2, -0.15) is 33.3 Å². The van der Waals surface area contributed by atoms with Crippen LogP contribution in [0.5, 0.6) is 0 Å². The van der Waals surface area contributed by atoms with Crippen molar-refractivity contribution >= 4 is 73.1 Å². The number of imide groups is 3. The minimum atomic E-state index is -4.55. The number of Topliss-reactive ketones (excluding diaryl/α,β-unsaturated/α-hetero) is 1. The van der Waals surface area contributed by atoms with E-state index in [1.807, 2.05) is 6.92 Å². The first kappa shape index (κ1) is 39.3. The van der Waals surface area contributed by atoms with Gasteiger partial charge in [-0.1, -0.05) is 25.5 Å². The molecule has 276 valence electrons. The second-order valence-electron chi connectivity index (χ2n) is 11.4. The summed E-state index contributed by atoms with van der Waals surface area (Å²) >= 11 is 0. The van der Waals surface area contributed by atoms with E-state index in [4.69, 9.17) is 5.73 Å². The van der Waals surface area contributed by atoms with Gasteiger partial charge in [0, 0.05) is 45.0 Å². The number of likely N-dealkylation sites (N-methyl/N-ethyl adjacent to an activating group) is 3. The van der Waals surface area contributed by atoms with Gasteiger partial charge >= 0.3 is 6.03 Å². The van der Waals surface area contributed by atoms with Crippen LogP contribution in [0, 0.1) is 0 Å². The minimum absolute atomic E-state index is 0.0233. The van der Waals surface area contributed by atoms with E-state index in [0.29, 0.717) is 27.5 Å². The van der Waals surface area contributed by atoms with E-state index >= 15 is 0 Å². The Morgan fingerprint density at radius 3 is 1.79 bits per heavy atom. The average molecular weight is 759 g/mol. The summed E-state index contributed by atoms with van der Waals surface area (Å²) < 4.78 is 60.3. The fourth-order valence-electron chi connectivity index (χ4n) is 4.94. The monoisotopic (exact) mass is 758 g/mol. The molecule has 20 nitrogen and oxygen atoms in total. The summed E-state index contributed by atoms with van der Waals surface area (Å²) in [5.74, 6) is -4.83. The molecule has 4 rings (SSSR count). The lowest BCUT2D eigenvalue weighted by atomic mass is 9.99. The molecule has 2 fully saturated rings. The van der Waals surface area contributed by atoms with Gasteiger partial charge in [0.25, 0.3) is 33.7 Å². The lowest BCUT2D eigenvalue weighted by Crippen LogP contribution is -2.61. The number of barbiturate groups is 1. The number of rotatable bonds is 12. The molecule has 0 radical (unpaired) electrons. The molecule has 0 spiro atoms. The van der Waals surface area contributed by atoms with Crippen molar-refractivity contribution in [1.82, 2.24) is 19.4 Å². The Kier molecular flexibility index (Phi) is 11.7. The van der Waals surface area contributed by atoms with Crippen LogP contribution in [-0.4, -0.2) is 119 Å². The number of benzene rings is 2. The largest absolute Gasteiger partial charge is 0.333 e. The fraction of sp³-hybridized carbons (Fsp3) is 0.367. The van der Waals surface area contributed by atoms with Gasteiger partial charge in [0.05, 0.1) is 21.2 Å². The van der Waals surface area contributed by atoms with Crippen molar-refractivity contribution in [3.05, 3.63) is 36.4 Å². The second kappa shape index (κ2) is 15.4. The number of carbonyl (C=O) groups excluding carboxylic acids is 6. The molecular formula is C30H34N10O10S2. The second-order valence-corrected chi connectivity index (χ2v) is 14.7. The summed E-state index contributed by atoms with van der Waals surface area (Å²) in [5.41, 5.74) is 4.97. The van der Waals surface area contributed by atoms with Crippen LogP contribution < -0.4 is 10.5 Å². The van der Waals surface area contributed by atoms with Gasteiger partial charge in [-0.05, 0) is 37.6 Å². The lowest BCUT2D eigenvalue weighted by Gasteiger charge is -2.30. The van der Waals surface area contributed by atoms with Crippen LogP contribution in [0.25, 0.3) is 11.1 Å². The molecule has 2 unspecified atom stereocenters. The third-order valence-electron chi connectivity index (χ3n) is 7.87. The molecular weight excluding hydrogens is 725 g/mol. The van der Waals surface area contributed by atoms with Crippen molar-refractivity contribution in [2.24, 2.45) is 30.6 Å². The van der Waals surface area contributed by atoms with Gasteiger partial charge < -0.3 is 5.73 Å². The van der Waals surface area contributed by atoms with E-state index in [-0.39, 0.29) is 29.0 Å². The highest BCUT2D eigenvalue weighted by atomic mass is 32.2. The number of nitrogens with one attached hydrogen (secondary N) is 1. The predicted octanol–water partition coefficient (Wildman–Crippen LogP) is 1.06. The number of carbonyl (C=O) groups is 6. The van der Waals surface area contributed by atoms with Gasteiger partial charge in [0.1, 0.15) is 6.04 Å². The summed E-state index contributed by atoms with van der Waals surface area (Å²) in [5, 5.41) is 15.3. The number of hydrogen-bond acceptors (Lipinski definition) is 15. The van der Waals surface area contributed by atoms with Crippen molar-refractivity contribution in [3.8, 4) is 11.1 Å². The van der Waals surface area contributed by atoms with E-state index in [2.05, 4.69) is 29.6 Å². The lowest BCUT2D eigenvalue weighted by molar-refractivity contribution is -0.153. The number of hydrogen-bond donors (Lipinski definition) is 2. The van der Waals surface area contributed by atoms with Gasteiger partial charge in [-0.15, -0.1) is 0 Å². The van der Waals surface area contributed by atoms with Crippen LogP contribution in [0.4, 0.5) is 16.2 Å². The van der Waals surface area contributed by atoms with Crippen LogP contribution >= 0.6 is 0 Å². The van der Waals surface area contributed by atoms with E-state index in [1.54, 1.807) is 0 Å². The van der Waals surface area contributed by atoms with Crippen LogP contribution in [-0.2, 0) is 44.0 Å². The number of piperidine rings is 1. The molecule has 2 saturated heterocycles. The number of amides is 6. The van der Waals surface area contributed by atoms with Gasteiger partial charge in [-0.3, -0.25) is 38.7 Å². The summed E-state index contributed by atoms with van der Waals surface area (Å²) in [4.78, 5) is 75.4. The quantitative estimate of drug-likeness (QED) is 0.101. The maximum Gasteiger partial charge on any atom is 0.333 e. The zero-order chi connectivity index (χ0) is 38.7. The Labute approximate surface area is 297 Å². The molecule has 2 heterocycles. The predicted molar refractivity (Wildman–Crippen MR) is 182 cm³/mol. The molecule has 2 aromatic rings. The average Bonchev–Trinajstić information content (AvgIpc) is 3.11. The molecule has 52 heavy (non-hydrogen) atoms. The maximum atomic E-state index is 13.7. The van der Waals surface area contributed by atoms with Crippen LogP contribution in [0.1, 0.15) is 26.7 Å². The highest BCUT2D eigenvalue weighted by Crippen LogP contribution is 2.38. The Hall–Kier alpha value is -5.45. The zero-order valence-electron chi connectivity index (χ0n) is 28.4. The Morgan fingerprint density at radius 1 is 0.750 bits per heavy atom. The van der Waals surface area contributed by atoms with Gasteiger partial charge in [0.2, 0.25) is 22.1 Å². The molecule has 2 aliphatic rings.